The zero-order valence-corrected chi connectivity index (χ0v) is 15.3. The van der Waals surface area contributed by atoms with Crippen LogP contribution in [0.15, 0.2) is 42.0 Å². The van der Waals surface area contributed by atoms with Gasteiger partial charge in [0.05, 0.1) is 11.2 Å². The van der Waals surface area contributed by atoms with Gasteiger partial charge in [0.25, 0.3) is 0 Å². The summed E-state index contributed by atoms with van der Waals surface area (Å²) in [6.45, 7) is 7.63. The van der Waals surface area contributed by atoms with Crippen molar-refractivity contribution in [1.29, 1.82) is 0 Å². The lowest BCUT2D eigenvalue weighted by atomic mass is 9.93. The predicted octanol–water partition coefficient (Wildman–Crippen LogP) is 4.36. The zero-order chi connectivity index (χ0) is 19.3. The molecule has 0 spiro atoms. The molecule has 136 valence electrons. The van der Waals surface area contributed by atoms with Crippen molar-refractivity contribution >= 4 is 22.9 Å². The molecule has 2 aromatic heterocycles. The van der Waals surface area contributed by atoms with E-state index in [-0.39, 0.29) is 11.6 Å². The van der Waals surface area contributed by atoms with E-state index in [1.165, 1.54) is 6.20 Å². The number of hydrogen-bond donors (Lipinski definition) is 1. The Bertz CT molecular complexity index is 1170. The van der Waals surface area contributed by atoms with Gasteiger partial charge in [-0.25, -0.2) is 4.79 Å². The van der Waals surface area contributed by atoms with Crippen molar-refractivity contribution in [3.63, 3.8) is 0 Å². The number of aryl methyl sites for hydroxylation is 2. The van der Waals surface area contributed by atoms with E-state index in [4.69, 9.17) is 0 Å². The van der Waals surface area contributed by atoms with Gasteiger partial charge in [0.2, 0.25) is 5.43 Å². The molecule has 1 aliphatic carbocycles. The number of nitrogens with zero attached hydrogens (tertiary/aromatic N) is 2. The third-order valence-electron chi connectivity index (χ3n) is 5.22. The van der Waals surface area contributed by atoms with Crippen LogP contribution in [0.5, 0.6) is 0 Å². The van der Waals surface area contributed by atoms with Crippen LogP contribution in [0.4, 0.5) is 0 Å². The number of aromatic carboxylic acids is 1. The summed E-state index contributed by atoms with van der Waals surface area (Å²) in [6, 6.07) is 6.11. The highest BCUT2D eigenvalue weighted by molar-refractivity contribution is 5.97. The van der Waals surface area contributed by atoms with Crippen molar-refractivity contribution in [2.24, 2.45) is 0 Å². The van der Waals surface area contributed by atoms with Gasteiger partial charge in [0.15, 0.2) is 0 Å². The van der Waals surface area contributed by atoms with Crippen LogP contribution in [-0.4, -0.2) is 20.6 Å². The van der Waals surface area contributed by atoms with E-state index < -0.39 is 11.4 Å². The Labute approximate surface area is 156 Å². The molecule has 4 rings (SSSR count). The van der Waals surface area contributed by atoms with Crippen LogP contribution in [0.25, 0.3) is 28.1 Å². The highest BCUT2D eigenvalue weighted by Crippen LogP contribution is 2.40. The first kappa shape index (κ1) is 17.2. The number of carboxylic acid groups (broad SMARTS) is 1. The van der Waals surface area contributed by atoms with Crippen molar-refractivity contribution in [3.8, 4) is 11.1 Å². The molecule has 0 atom stereocenters. The molecule has 1 saturated carbocycles. The minimum absolute atomic E-state index is 0.164. The van der Waals surface area contributed by atoms with E-state index in [0.717, 1.165) is 46.3 Å². The van der Waals surface area contributed by atoms with Crippen LogP contribution in [0.2, 0.25) is 0 Å². The largest absolute Gasteiger partial charge is 0.477 e. The third-order valence-corrected chi connectivity index (χ3v) is 5.22. The van der Waals surface area contributed by atoms with Gasteiger partial charge in [-0.1, -0.05) is 12.6 Å². The number of aromatic nitrogens is 2. The first-order chi connectivity index (χ1) is 12.9. The monoisotopic (exact) mass is 360 g/mol. The minimum Gasteiger partial charge on any atom is -0.477 e. The van der Waals surface area contributed by atoms with Gasteiger partial charge in [-0.15, -0.1) is 0 Å². The second kappa shape index (κ2) is 6.20. The van der Waals surface area contributed by atoms with E-state index in [9.17, 15) is 14.7 Å². The lowest BCUT2D eigenvalue weighted by molar-refractivity contribution is 0.0695. The van der Waals surface area contributed by atoms with Gasteiger partial charge in [-0.3, -0.25) is 9.78 Å². The highest BCUT2D eigenvalue weighted by atomic mass is 16.4. The molecule has 1 N–H and O–H groups in total. The van der Waals surface area contributed by atoms with Gasteiger partial charge in [-0.2, -0.15) is 0 Å². The fourth-order valence-corrected chi connectivity index (χ4v) is 3.73. The van der Waals surface area contributed by atoms with Crippen LogP contribution >= 0.6 is 0 Å². The Kier molecular flexibility index (Phi) is 3.95. The molecule has 0 radical (unpaired) electrons. The SMILES string of the molecule is C=Cc1cc(-c2cc(C)c3c(=O)c(C(=O)O)cn(C4CC4)c3c2C)ccn1. The molecule has 1 fully saturated rings. The quantitative estimate of drug-likeness (QED) is 0.750. The topological polar surface area (TPSA) is 72.2 Å². The third kappa shape index (κ3) is 2.76. The maximum atomic E-state index is 12.9. The van der Waals surface area contributed by atoms with Gasteiger partial charge in [0, 0.05) is 23.8 Å². The molecule has 0 saturated heterocycles. The second-order valence-corrected chi connectivity index (χ2v) is 7.08. The van der Waals surface area contributed by atoms with Crippen molar-refractivity contribution in [3.05, 3.63) is 69.8 Å². The molecule has 0 amide bonds. The second-order valence-electron chi connectivity index (χ2n) is 7.08. The van der Waals surface area contributed by atoms with Crippen molar-refractivity contribution in [2.75, 3.05) is 0 Å². The molecule has 27 heavy (non-hydrogen) atoms. The molecule has 0 bridgehead atoms. The van der Waals surface area contributed by atoms with Crippen LogP contribution in [-0.2, 0) is 0 Å². The van der Waals surface area contributed by atoms with Gasteiger partial charge < -0.3 is 9.67 Å². The van der Waals surface area contributed by atoms with Crippen molar-refractivity contribution in [2.45, 2.75) is 32.7 Å². The maximum Gasteiger partial charge on any atom is 0.341 e. The summed E-state index contributed by atoms with van der Waals surface area (Å²) in [5, 5.41) is 9.97. The van der Waals surface area contributed by atoms with Crippen LogP contribution < -0.4 is 5.43 Å². The molecule has 1 aliphatic rings. The maximum absolute atomic E-state index is 12.9. The summed E-state index contributed by atoms with van der Waals surface area (Å²) in [6.07, 6.45) is 6.95. The summed E-state index contributed by atoms with van der Waals surface area (Å²) in [7, 11) is 0. The average Bonchev–Trinajstić information content (AvgIpc) is 3.49. The number of fused-ring (bicyclic) bond motifs is 1. The Morgan fingerprint density at radius 2 is 2.07 bits per heavy atom. The molecular formula is C22H20N2O3. The van der Waals surface area contributed by atoms with E-state index >= 15 is 0 Å². The lowest BCUT2D eigenvalue weighted by Gasteiger charge is -2.18. The number of rotatable bonds is 4. The van der Waals surface area contributed by atoms with Crippen LogP contribution in [0.3, 0.4) is 0 Å². The van der Waals surface area contributed by atoms with Gasteiger partial charge in [-0.05, 0) is 67.2 Å². The number of hydrogen-bond acceptors (Lipinski definition) is 3. The molecule has 0 aliphatic heterocycles. The molecule has 5 nitrogen and oxygen atoms in total. The van der Waals surface area contributed by atoms with Crippen LogP contribution in [0, 0.1) is 13.8 Å². The fraction of sp³-hybridized carbons (Fsp3) is 0.227. The van der Waals surface area contributed by atoms with Gasteiger partial charge >= 0.3 is 5.97 Å². The molecule has 2 heterocycles. The summed E-state index contributed by atoms with van der Waals surface area (Å²) in [4.78, 5) is 28.7. The summed E-state index contributed by atoms with van der Waals surface area (Å²) >= 11 is 0. The van der Waals surface area contributed by atoms with Crippen molar-refractivity contribution in [1.82, 2.24) is 9.55 Å². The fourth-order valence-electron chi connectivity index (χ4n) is 3.73. The molecule has 0 unspecified atom stereocenters. The Balaban J connectivity index is 2.11. The standard InChI is InChI=1S/C22H20N2O3/c1-4-15-10-14(7-8-23-15)17-9-12(2)19-20(13(17)3)24(16-5-6-16)11-18(21(19)25)22(26)27/h4,7-11,16H,1,5-6H2,2-3H3,(H,26,27). The molecule has 1 aromatic carbocycles. The number of benzene rings is 1. The number of carboxylic acids is 1. The zero-order valence-electron chi connectivity index (χ0n) is 15.3. The average molecular weight is 360 g/mol. The summed E-state index contributed by atoms with van der Waals surface area (Å²) in [5.41, 5.74) is 4.81. The summed E-state index contributed by atoms with van der Waals surface area (Å²) < 4.78 is 1.99. The molecular weight excluding hydrogens is 340 g/mol. The first-order valence-corrected chi connectivity index (χ1v) is 8.93. The van der Waals surface area contributed by atoms with Crippen molar-refractivity contribution < 1.29 is 9.90 Å². The number of carbonyl (C=O) groups is 1. The van der Waals surface area contributed by atoms with E-state index in [1.807, 2.05) is 36.6 Å². The Morgan fingerprint density at radius 3 is 2.70 bits per heavy atom. The molecule has 3 aromatic rings. The van der Waals surface area contributed by atoms with E-state index in [1.54, 1.807) is 12.3 Å². The normalized spacial score (nSPS) is 13.7. The Morgan fingerprint density at radius 1 is 1.33 bits per heavy atom. The van der Waals surface area contributed by atoms with E-state index in [2.05, 4.69) is 11.6 Å². The number of pyridine rings is 2. The van der Waals surface area contributed by atoms with Crippen LogP contribution in [0.1, 0.15) is 46.1 Å². The predicted molar refractivity (Wildman–Crippen MR) is 106 cm³/mol. The van der Waals surface area contributed by atoms with E-state index in [0.29, 0.717) is 5.39 Å². The first-order valence-electron chi connectivity index (χ1n) is 8.93. The highest BCUT2D eigenvalue weighted by Gasteiger charge is 2.28. The Hall–Kier alpha value is -3.21. The minimum atomic E-state index is -1.18. The lowest BCUT2D eigenvalue weighted by Crippen LogP contribution is -2.20. The molecule has 5 heteroatoms. The summed E-state index contributed by atoms with van der Waals surface area (Å²) in [5.74, 6) is -1.18. The van der Waals surface area contributed by atoms with Gasteiger partial charge in [0.1, 0.15) is 5.56 Å². The smallest absolute Gasteiger partial charge is 0.341 e.